The van der Waals surface area contributed by atoms with Gasteiger partial charge in [-0.2, -0.15) is 9.97 Å². The van der Waals surface area contributed by atoms with Gasteiger partial charge in [-0.25, -0.2) is 4.79 Å². The van der Waals surface area contributed by atoms with E-state index in [0.717, 1.165) is 45.1 Å². The molecule has 0 aromatic carbocycles. The van der Waals surface area contributed by atoms with Crippen molar-refractivity contribution in [3.05, 3.63) is 10.5 Å². The Morgan fingerprint density at radius 2 is 2.19 bits per heavy atom. The van der Waals surface area contributed by atoms with Gasteiger partial charge in [-0.15, -0.1) is 0 Å². The van der Waals surface area contributed by atoms with Crippen molar-refractivity contribution in [3.8, 4) is 6.01 Å². The molecule has 1 aliphatic heterocycles. The summed E-state index contributed by atoms with van der Waals surface area (Å²) in [6, 6.07) is 0.229. The van der Waals surface area contributed by atoms with E-state index >= 15 is 0 Å². The Kier molecular flexibility index (Phi) is 6.04. The fourth-order valence-electron chi connectivity index (χ4n) is 3.75. The zero-order valence-electron chi connectivity index (χ0n) is 16.6. The van der Waals surface area contributed by atoms with Crippen LogP contribution in [-0.4, -0.2) is 38.3 Å². The number of unbranched alkanes of at least 4 members (excludes halogenated alkanes) is 1. The highest BCUT2D eigenvalue weighted by Crippen LogP contribution is 2.31. The van der Waals surface area contributed by atoms with Crippen LogP contribution < -0.4 is 16.2 Å². The standard InChI is InChI=1S/C19H31N5O3/c1-4-5-10-26-17-22-15(20)14-16(23-17)24(18(25)21-14)9-6-7-13-8-11-27-19(2,3)12-13/h13H,4-12H2,1-3H3,(H,21,25)(H2,20,22,23). The Morgan fingerprint density at radius 3 is 2.93 bits per heavy atom. The van der Waals surface area contributed by atoms with Gasteiger partial charge in [0.2, 0.25) is 0 Å². The Labute approximate surface area is 159 Å². The highest BCUT2D eigenvalue weighted by Gasteiger charge is 2.28. The quantitative estimate of drug-likeness (QED) is 0.685. The molecule has 0 spiro atoms. The van der Waals surface area contributed by atoms with Gasteiger partial charge in [-0.05, 0) is 51.9 Å². The normalized spacial score (nSPS) is 19.4. The molecule has 0 aliphatic carbocycles. The van der Waals surface area contributed by atoms with Crippen molar-refractivity contribution in [1.29, 1.82) is 0 Å². The zero-order chi connectivity index (χ0) is 19.4. The number of aryl methyl sites for hydroxylation is 1. The van der Waals surface area contributed by atoms with Gasteiger partial charge in [-0.3, -0.25) is 4.57 Å². The first kappa shape index (κ1) is 19.7. The van der Waals surface area contributed by atoms with Crippen molar-refractivity contribution in [1.82, 2.24) is 19.5 Å². The topological polar surface area (TPSA) is 108 Å². The summed E-state index contributed by atoms with van der Waals surface area (Å²) in [6.07, 6.45) is 6.05. The Bertz CT molecular complexity index is 827. The molecule has 8 heteroatoms. The summed E-state index contributed by atoms with van der Waals surface area (Å²) in [5, 5.41) is 0. The van der Waals surface area contributed by atoms with Gasteiger partial charge in [0.05, 0.1) is 12.2 Å². The first-order valence-corrected chi connectivity index (χ1v) is 9.92. The molecule has 0 radical (unpaired) electrons. The molecule has 1 saturated heterocycles. The number of nitrogens with two attached hydrogens (primary N) is 1. The SMILES string of the molecule is CCCCOc1nc(N)c2[nH]c(=O)n(CCCC3CCOC(C)(C)C3)c2n1. The lowest BCUT2D eigenvalue weighted by atomic mass is 9.85. The Morgan fingerprint density at radius 1 is 1.37 bits per heavy atom. The summed E-state index contributed by atoms with van der Waals surface area (Å²) in [6.45, 7) is 8.32. The summed E-state index contributed by atoms with van der Waals surface area (Å²) >= 11 is 0. The van der Waals surface area contributed by atoms with E-state index < -0.39 is 0 Å². The molecule has 0 saturated carbocycles. The van der Waals surface area contributed by atoms with Gasteiger partial charge in [0.25, 0.3) is 0 Å². The van der Waals surface area contributed by atoms with Crippen LogP contribution in [-0.2, 0) is 11.3 Å². The summed E-state index contributed by atoms with van der Waals surface area (Å²) in [7, 11) is 0. The van der Waals surface area contributed by atoms with Crippen molar-refractivity contribution in [2.24, 2.45) is 5.92 Å². The maximum absolute atomic E-state index is 12.4. The second-order valence-corrected chi connectivity index (χ2v) is 7.98. The third-order valence-electron chi connectivity index (χ3n) is 5.15. The van der Waals surface area contributed by atoms with E-state index in [-0.39, 0.29) is 23.1 Å². The van der Waals surface area contributed by atoms with Crippen molar-refractivity contribution in [3.63, 3.8) is 0 Å². The summed E-state index contributed by atoms with van der Waals surface area (Å²) in [5.74, 6) is 0.871. The largest absolute Gasteiger partial charge is 0.463 e. The monoisotopic (exact) mass is 377 g/mol. The predicted octanol–water partition coefficient (Wildman–Crippen LogP) is 2.87. The molecular formula is C19H31N5O3. The van der Waals surface area contributed by atoms with Gasteiger partial charge in [0.1, 0.15) is 5.52 Å². The van der Waals surface area contributed by atoms with E-state index in [0.29, 0.717) is 30.2 Å². The first-order valence-electron chi connectivity index (χ1n) is 9.92. The molecule has 0 bridgehead atoms. The van der Waals surface area contributed by atoms with E-state index in [2.05, 4.69) is 35.7 Å². The van der Waals surface area contributed by atoms with E-state index in [1.807, 2.05) is 0 Å². The van der Waals surface area contributed by atoms with E-state index in [1.54, 1.807) is 4.57 Å². The van der Waals surface area contributed by atoms with Crippen LogP contribution >= 0.6 is 0 Å². The van der Waals surface area contributed by atoms with Gasteiger partial charge >= 0.3 is 11.7 Å². The van der Waals surface area contributed by atoms with Gasteiger partial charge in [0.15, 0.2) is 11.5 Å². The molecule has 1 unspecified atom stereocenters. The lowest BCUT2D eigenvalue weighted by Gasteiger charge is -2.35. The van der Waals surface area contributed by atoms with Crippen LogP contribution in [0.4, 0.5) is 5.82 Å². The smallest absolute Gasteiger partial charge is 0.327 e. The number of ether oxygens (including phenoxy) is 2. The number of anilines is 1. The van der Waals surface area contributed by atoms with Crippen LogP contribution in [0.2, 0.25) is 0 Å². The summed E-state index contributed by atoms with van der Waals surface area (Å²) < 4.78 is 13.0. The molecule has 1 aliphatic rings. The highest BCUT2D eigenvalue weighted by molar-refractivity contribution is 5.81. The molecule has 2 aromatic heterocycles. The Balaban J connectivity index is 1.70. The second-order valence-electron chi connectivity index (χ2n) is 7.98. The molecule has 3 N–H and O–H groups in total. The zero-order valence-corrected chi connectivity index (χ0v) is 16.6. The van der Waals surface area contributed by atoms with Crippen LogP contribution in [0, 0.1) is 5.92 Å². The van der Waals surface area contributed by atoms with Gasteiger partial charge < -0.3 is 20.2 Å². The lowest BCUT2D eigenvalue weighted by Crippen LogP contribution is -2.34. The van der Waals surface area contributed by atoms with Crippen molar-refractivity contribution in [2.45, 2.75) is 71.4 Å². The summed E-state index contributed by atoms with van der Waals surface area (Å²) in [4.78, 5) is 23.7. The van der Waals surface area contributed by atoms with Crippen LogP contribution in [0.5, 0.6) is 6.01 Å². The van der Waals surface area contributed by atoms with Gasteiger partial charge in [-0.1, -0.05) is 13.3 Å². The van der Waals surface area contributed by atoms with Crippen molar-refractivity contribution in [2.75, 3.05) is 18.9 Å². The van der Waals surface area contributed by atoms with Crippen LogP contribution in [0.15, 0.2) is 4.79 Å². The second kappa shape index (κ2) is 8.29. The average molecular weight is 377 g/mol. The van der Waals surface area contributed by atoms with Crippen LogP contribution in [0.25, 0.3) is 11.2 Å². The predicted molar refractivity (Wildman–Crippen MR) is 105 cm³/mol. The number of imidazole rings is 1. The third-order valence-corrected chi connectivity index (χ3v) is 5.15. The lowest BCUT2D eigenvalue weighted by molar-refractivity contribution is -0.0738. The van der Waals surface area contributed by atoms with E-state index in [9.17, 15) is 4.79 Å². The molecule has 3 heterocycles. The molecule has 2 aromatic rings. The number of rotatable bonds is 8. The van der Waals surface area contributed by atoms with E-state index in [4.69, 9.17) is 15.2 Å². The van der Waals surface area contributed by atoms with Crippen LogP contribution in [0.1, 0.15) is 59.3 Å². The third kappa shape index (κ3) is 4.80. The number of nitrogen functional groups attached to an aromatic ring is 1. The minimum absolute atomic E-state index is 0.0487. The number of hydrogen-bond donors (Lipinski definition) is 2. The van der Waals surface area contributed by atoms with Crippen molar-refractivity contribution < 1.29 is 9.47 Å². The maximum Gasteiger partial charge on any atom is 0.327 e. The highest BCUT2D eigenvalue weighted by atomic mass is 16.5. The number of aromatic amines is 1. The molecule has 150 valence electrons. The molecule has 1 atom stereocenters. The van der Waals surface area contributed by atoms with Crippen molar-refractivity contribution >= 4 is 17.0 Å². The van der Waals surface area contributed by atoms with Crippen LogP contribution in [0.3, 0.4) is 0 Å². The van der Waals surface area contributed by atoms with E-state index in [1.165, 1.54) is 0 Å². The number of H-pyrrole nitrogens is 1. The number of nitrogens with one attached hydrogen (secondary N) is 1. The molecule has 0 amide bonds. The fraction of sp³-hybridized carbons (Fsp3) is 0.737. The molecular weight excluding hydrogens is 346 g/mol. The fourth-order valence-corrected chi connectivity index (χ4v) is 3.75. The molecule has 1 fully saturated rings. The summed E-state index contributed by atoms with van der Waals surface area (Å²) in [5.41, 5.74) is 6.74. The Hall–Kier alpha value is -2.09. The average Bonchev–Trinajstić information content (AvgIpc) is 2.91. The number of aromatic nitrogens is 4. The molecule has 8 nitrogen and oxygen atoms in total. The minimum atomic E-state index is -0.205. The molecule has 3 rings (SSSR count). The number of fused-ring (bicyclic) bond motifs is 1. The minimum Gasteiger partial charge on any atom is -0.463 e. The number of hydrogen-bond acceptors (Lipinski definition) is 6. The first-order chi connectivity index (χ1) is 12.9. The van der Waals surface area contributed by atoms with Gasteiger partial charge in [0, 0.05) is 13.2 Å². The number of nitrogens with zero attached hydrogens (tertiary/aromatic N) is 3. The maximum atomic E-state index is 12.4. The molecule has 27 heavy (non-hydrogen) atoms.